The van der Waals surface area contributed by atoms with Crippen LogP contribution < -0.4 is 0 Å². The van der Waals surface area contributed by atoms with Crippen molar-refractivity contribution in [2.24, 2.45) is 0 Å². The van der Waals surface area contributed by atoms with Crippen LogP contribution >= 0.6 is 11.6 Å². The van der Waals surface area contributed by atoms with Crippen LogP contribution in [0.3, 0.4) is 0 Å². The van der Waals surface area contributed by atoms with Gasteiger partial charge in [0.05, 0.1) is 18.0 Å². The van der Waals surface area contributed by atoms with Crippen molar-refractivity contribution >= 4 is 22.5 Å². The standard InChI is InChI=1S/C9H6ClN3/c10-9-7-2-1-6(3-4-11)5-8(7)12-13-9/h1-2,5H,3H2,(H,12,13). The lowest BCUT2D eigenvalue weighted by Gasteiger charge is -1.92. The Balaban J connectivity index is 2.58. The SMILES string of the molecule is N#CCc1ccc2c(Cl)[nH]nc2c1. The fraction of sp³-hybridized carbons (Fsp3) is 0.111. The summed E-state index contributed by atoms with van der Waals surface area (Å²) in [6.45, 7) is 0. The number of fused-ring (bicyclic) bond motifs is 1. The van der Waals surface area contributed by atoms with Gasteiger partial charge in [0.15, 0.2) is 0 Å². The third-order valence-corrected chi connectivity index (χ3v) is 2.14. The molecule has 1 heterocycles. The lowest BCUT2D eigenvalue weighted by molar-refractivity contribution is 1.12. The number of nitriles is 1. The normalized spacial score (nSPS) is 10.2. The van der Waals surface area contributed by atoms with Crippen molar-refractivity contribution in [1.29, 1.82) is 5.26 Å². The van der Waals surface area contributed by atoms with Crippen LogP contribution in [-0.4, -0.2) is 10.2 Å². The van der Waals surface area contributed by atoms with Crippen molar-refractivity contribution in [3.63, 3.8) is 0 Å². The zero-order valence-electron chi connectivity index (χ0n) is 6.71. The molecule has 0 bridgehead atoms. The third kappa shape index (κ3) is 1.36. The molecule has 0 saturated carbocycles. The molecule has 2 aromatic rings. The topological polar surface area (TPSA) is 52.5 Å². The summed E-state index contributed by atoms with van der Waals surface area (Å²) >= 11 is 5.82. The summed E-state index contributed by atoms with van der Waals surface area (Å²) in [6, 6.07) is 7.70. The molecule has 0 aliphatic rings. The van der Waals surface area contributed by atoms with Crippen molar-refractivity contribution < 1.29 is 0 Å². The number of halogens is 1. The van der Waals surface area contributed by atoms with Crippen LogP contribution in [0.15, 0.2) is 18.2 Å². The third-order valence-electron chi connectivity index (χ3n) is 1.86. The molecule has 0 radical (unpaired) electrons. The summed E-state index contributed by atoms with van der Waals surface area (Å²) in [5.41, 5.74) is 1.76. The lowest BCUT2D eigenvalue weighted by atomic mass is 10.1. The van der Waals surface area contributed by atoms with Gasteiger partial charge in [-0.1, -0.05) is 17.7 Å². The quantitative estimate of drug-likeness (QED) is 0.752. The zero-order chi connectivity index (χ0) is 9.26. The van der Waals surface area contributed by atoms with Crippen molar-refractivity contribution in [3.05, 3.63) is 28.9 Å². The molecule has 0 aliphatic heterocycles. The van der Waals surface area contributed by atoms with Gasteiger partial charge in [0.25, 0.3) is 0 Å². The van der Waals surface area contributed by atoms with E-state index in [4.69, 9.17) is 16.9 Å². The van der Waals surface area contributed by atoms with Gasteiger partial charge in [-0.25, -0.2) is 0 Å². The van der Waals surface area contributed by atoms with Gasteiger partial charge in [-0.2, -0.15) is 10.4 Å². The largest absolute Gasteiger partial charge is 0.266 e. The second-order valence-electron chi connectivity index (χ2n) is 2.72. The maximum atomic E-state index is 8.49. The molecule has 1 aromatic heterocycles. The van der Waals surface area contributed by atoms with Gasteiger partial charge in [-0.05, 0) is 17.7 Å². The van der Waals surface area contributed by atoms with E-state index in [1.807, 2.05) is 18.2 Å². The van der Waals surface area contributed by atoms with E-state index in [1.54, 1.807) is 0 Å². The summed E-state index contributed by atoms with van der Waals surface area (Å²) in [5.74, 6) is 0. The number of H-pyrrole nitrogens is 1. The molecule has 64 valence electrons. The first-order chi connectivity index (χ1) is 6.31. The number of hydrogen-bond acceptors (Lipinski definition) is 2. The van der Waals surface area contributed by atoms with Crippen LogP contribution in [0.2, 0.25) is 5.15 Å². The second kappa shape index (κ2) is 3.08. The summed E-state index contributed by atoms with van der Waals surface area (Å²) in [7, 11) is 0. The van der Waals surface area contributed by atoms with E-state index in [2.05, 4.69) is 16.3 Å². The highest BCUT2D eigenvalue weighted by molar-refractivity contribution is 6.34. The highest BCUT2D eigenvalue weighted by Crippen LogP contribution is 2.21. The predicted octanol–water partition coefficient (Wildman–Crippen LogP) is 2.28. The van der Waals surface area contributed by atoms with E-state index in [1.165, 1.54) is 0 Å². The van der Waals surface area contributed by atoms with Gasteiger partial charge in [-0.3, -0.25) is 5.10 Å². The molecular formula is C9H6ClN3. The molecule has 0 saturated heterocycles. The predicted molar refractivity (Wildman–Crippen MR) is 50.4 cm³/mol. The molecule has 4 heteroatoms. The van der Waals surface area contributed by atoms with Crippen molar-refractivity contribution in [2.45, 2.75) is 6.42 Å². The molecule has 0 atom stereocenters. The molecule has 2 rings (SSSR count). The van der Waals surface area contributed by atoms with Gasteiger partial charge in [-0.15, -0.1) is 0 Å². The van der Waals surface area contributed by atoms with Gasteiger partial charge >= 0.3 is 0 Å². The average Bonchev–Trinajstić information content (AvgIpc) is 2.48. The van der Waals surface area contributed by atoms with E-state index in [0.717, 1.165) is 16.5 Å². The molecule has 0 aliphatic carbocycles. The van der Waals surface area contributed by atoms with Gasteiger partial charge < -0.3 is 0 Å². The van der Waals surface area contributed by atoms with E-state index < -0.39 is 0 Å². The summed E-state index contributed by atoms with van der Waals surface area (Å²) < 4.78 is 0. The Morgan fingerprint density at radius 3 is 3.15 bits per heavy atom. The molecule has 0 spiro atoms. The van der Waals surface area contributed by atoms with Crippen LogP contribution in [0.1, 0.15) is 5.56 Å². The minimum atomic E-state index is 0.403. The Bertz CT molecular complexity index is 481. The fourth-order valence-electron chi connectivity index (χ4n) is 1.23. The number of rotatable bonds is 1. The molecule has 0 amide bonds. The minimum absolute atomic E-state index is 0.403. The number of benzene rings is 1. The highest BCUT2D eigenvalue weighted by Gasteiger charge is 2.02. The number of aromatic nitrogens is 2. The van der Waals surface area contributed by atoms with Gasteiger partial charge in [0, 0.05) is 5.39 Å². The van der Waals surface area contributed by atoms with E-state index >= 15 is 0 Å². The Morgan fingerprint density at radius 2 is 2.38 bits per heavy atom. The first-order valence-corrected chi connectivity index (χ1v) is 4.18. The van der Waals surface area contributed by atoms with E-state index in [-0.39, 0.29) is 0 Å². The summed E-state index contributed by atoms with van der Waals surface area (Å²) in [4.78, 5) is 0. The number of nitrogens with zero attached hydrogens (tertiary/aromatic N) is 2. The first kappa shape index (κ1) is 8.09. The molecular weight excluding hydrogens is 186 g/mol. The minimum Gasteiger partial charge on any atom is -0.266 e. The molecule has 0 unspecified atom stereocenters. The van der Waals surface area contributed by atoms with E-state index in [9.17, 15) is 0 Å². The average molecular weight is 192 g/mol. The molecule has 1 aromatic carbocycles. The van der Waals surface area contributed by atoms with Crippen LogP contribution in [0.5, 0.6) is 0 Å². The fourth-order valence-corrected chi connectivity index (χ4v) is 1.43. The Hall–Kier alpha value is -1.53. The van der Waals surface area contributed by atoms with Crippen LogP contribution in [0.25, 0.3) is 10.9 Å². The molecule has 3 nitrogen and oxygen atoms in total. The molecule has 13 heavy (non-hydrogen) atoms. The van der Waals surface area contributed by atoms with Crippen LogP contribution in [0.4, 0.5) is 0 Å². The highest BCUT2D eigenvalue weighted by atomic mass is 35.5. The number of nitrogens with one attached hydrogen (secondary N) is 1. The van der Waals surface area contributed by atoms with Crippen LogP contribution in [-0.2, 0) is 6.42 Å². The maximum absolute atomic E-state index is 8.49. The van der Waals surface area contributed by atoms with Crippen molar-refractivity contribution in [1.82, 2.24) is 10.2 Å². The zero-order valence-corrected chi connectivity index (χ0v) is 7.47. The Kier molecular flexibility index (Phi) is 1.91. The number of aromatic amines is 1. The molecule has 1 N–H and O–H groups in total. The molecule has 0 fully saturated rings. The van der Waals surface area contributed by atoms with Crippen molar-refractivity contribution in [2.75, 3.05) is 0 Å². The summed E-state index contributed by atoms with van der Waals surface area (Å²) in [6.07, 6.45) is 0.403. The smallest absolute Gasteiger partial charge is 0.132 e. The lowest BCUT2D eigenvalue weighted by Crippen LogP contribution is -1.80. The van der Waals surface area contributed by atoms with Gasteiger partial charge in [0.2, 0.25) is 0 Å². The monoisotopic (exact) mass is 191 g/mol. The second-order valence-corrected chi connectivity index (χ2v) is 3.10. The van der Waals surface area contributed by atoms with E-state index in [0.29, 0.717) is 11.6 Å². The maximum Gasteiger partial charge on any atom is 0.132 e. The number of hydrogen-bond donors (Lipinski definition) is 1. The summed E-state index contributed by atoms with van der Waals surface area (Å²) in [5, 5.41) is 16.6. The Labute approximate surface area is 79.9 Å². The van der Waals surface area contributed by atoms with Crippen LogP contribution in [0, 0.1) is 11.3 Å². The first-order valence-electron chi connectivity index (χ1n) is 3.80. The van der Waals surface area contributed by atoms with Gasteiger partial charge in [0.1, 0.15) is 5.15 Å². The van der Waals surface area contributed by atoms with Crippen molar-refractivity contribution in [3.8, 4) is 6.07 Å². The Morgan fingerprint density at radius 1 is 1.54 bits per heavy atom.